The molecule has 1 saturated carbocycles. The van der Waals surface area contributed by atoms with Crippen LogP contribution in [-0.2, 0) is 0 Å². The van der Waals surface area contributed by atoms with Gasteiger partial charge in [-0.2, -0.15) is 0 Å². The van der Waals surface area contributed by atoms with E-state index in [-0.39, 0.29) is 5.41 Å². The molecule has 0 aromatic rings. The van der Waals surface area contributed by atoms with Crippen LogP contribution in [0.5, 0.6) is 0 Å². The summed E-state index contributed by atoms with van der Waals surface area (Å²) in [4.78, 5) is 0. The summed E-state index contributed by atoms with van der Waals surface area (Å²) in [6.07, 6.45) is 4.75. The smallest absolute Gasteiger partial charge is 0.00135 e. The second-order valence-corrected chi connectivity index (χ2v) is 3.70. The second kappa shape index (κ2) is 2.22. The second-order valence-electron chi connectivity index (χ2n) is 3.70. The van der Waals surface area contributed by atoms with Crippen LogP contribution in [0.3, 0.4) is 0 Å². The first-order valence-electron chi connectivity index (χ1n) is 3.76. The van der Waals surface area contributed by atoms with Gasteiger partial charge in [-0.3, -0.25) is 0 Å². The van der Waals surface area contributed by atoms with Crippen LogP contribution in [-0.4, -0.2) is 6.21 Å². The molecular weight excluding hydrogens is 122 g/mol. The zero-order valence-corrected chi connectivity index (χ0v) is 6.72. The molecule has 0 heterocycles. The lowest BCUT2D eigenvalue weighted by molar-refractivity contribution is 0.402. The van der Waals surface area contributed by atoms with Gasteiger partial charge in [-0.05, 0) is 29.9 Å². The van der Waals surface area contributed by atoms with Crippen molar-refractivity contribution in [3.8, 4) is 0 Å². The quantitative estimate of drug-likeness (QED) is 0.456. The average Bonchev–Trinajstić information content (AvgIpc) is 2.66. The van der Waals surface area contributed by atoms with E-state index in [9.17, 15) is 0 Å². The predicted octanol–water partition coefficient (Wildman–Crippen LogP) is 2.48. The van der Waals surface area contributed by atoms with Gasteiger partial charge in [0, 0.05) is 0 Å². The molecule has 10 heavy (non-hydrogen) atoms. The van der Waals surface area contributed by atoms with E-state index in [4.69, 9.17) is 5.41 Å². The molecule has 1 nitrogen and oxygen atoms in total. The summed E-state index contributed by atoms with van der Waals surface area (Å²) in [6, 6.07) is 0. The summed E-state index contributed by atoms with van der Waals surface area (Å²) >= 11 is 0. The summed E-state index contributed by atoms with van der Waals surface area (Å²) in [5.74, 6) is 1.22. The minimum Gasteiger partial charge on any atom is -0.313 e. The largest absolute Gasteiger partial charge is 0.313 e. The van der Waals surface area contributed by atoms with E-state index < -0.39 is 0 Å². The maximum Gasteiger partial charge on any atom is -0.00135 e. The summed E-state index contributed by atoms with van der Waals surface area (Å²) in [6.45, 7) is 8.16. The first-order chi connectivity index (χ1) is 4.61. The highest BCUT2D eigenvalue weighted by molar-refractivity contribution is 5.61. The third-order valence-corrected chi connectivity index (χ3v) is 2.54. The normalized spacial score (nSPS) is 31.4. The van der Waals surface area contributed by atoms with Gasteiger partial charge in [-0.25, -0.2) is 0 Å². The third kappa shape index (κ3) is 1.13. The van der Waals surface area contributed by atoms with Gasteiger partial charge in [-0.15, -0.1) is 6.58 Å². The zero-order chi connectivity index (χ0) is 7.78. The van der Waals surface area contributed by atoms with Crippen LogP contribution in [0, 0.1) is 22.7 Å². The van der Waals surface area contributed by atoms with Crippen LogP contribution in [0.25, 0.3) is 0 Å². The van der Waals surface area contributed by atoms with Gasteiger partial charge in [0.15, 0.2) is 0 Å². The van der Waals surface area contributed by atoms with E-state index in [2.05, 4.69) is 20.4 Å². The average molecular weight is 137 g/mol. The minimum absolute atomic E-state index is 0.238. The Hall–Kier alpha value is -0.590. The van der Waals surface area contributed by atoms with E-state index in [0.29, 0.717) is 11.8 Å². The van der Waals surface area contributed by atoms with Crippen molar-refractivity contribution >= 4 is 6.21 Å². The molecule has 0 spiro atoms. The summed E-state index contributed by atoms with van der Waals surface area (Å²) in [7, 11) is 0. The lowest BCUT2D eigenvalue weighted by Crippen LogP contribution is -2.11. The highest BCUT2D eigenvalue weighted by Crippen LogP contribution is 2.50. The minimum atomic E-state index is 0.238. The fourth-order valence-electron chi connectivity index (χ4n) is 1.41. The maximum atomic E-state index is 7.05. The van der Waals surface area contributed by atoms with Gasteiger partial charge < -0.3 is 5.41 Å². The lowest BCUT2D eigenvalue weighted by atomic mass is 9.86. The standard InChI is InChI=1S/C9H15N/c1-4-9(2,3)8-5-7(8)6-10/h4,6-8,10H,1,5H2,2-3H3. The lowest BCUT2D eigenvalue weighted by Gasteiger charge is -2.18. The third-order valence-electron chi connectivity index (χ3n) is 2.54. The molecule has 1 heteroatoms. The van der Waals surface area contributed by atoms with Crippen LogP contribution < -0.4 is 0 Å². The van der Waals surface area contributed by atoms with Crippen LogP contribution in [0.1, 0.15) is 20.3 Å². The summed E-state index contributed by atoms with van der Waals surface area (Å²) < 4.78 is 0. The van der Waals surface area contributed by atoms with Crippen molar-refractivity contribution in [1.29, 1.82) is 5.41 Å². The molecule has 0 aliphatic heterocycles. The van der Waals surface area contributed by atoms with E-state index in [0.717, 1.165) is 0 Å². The summed E-state index contributed by atoms with van der Waals surface area (Å²) in [5, 5.41) is 7.05. The molecular formula is C9H15N. The fraction of sp³-hybridized carbons (Fsp3) is 0.667. The number of hydrogen-bond acceptors (Lipinski definition) is 1. The van der Waals surface area contributed by atoms with Crippen molar-refractivity contribution in [2.75, 3.05) is 0 Å². The number of nitrogens with one attached hydrogen (secondary N) is 1. The Labute approximate surface area is 62.6 Å². The number of allylic oxidation sites excluding steroid dienone is 1. The van der Waals surface area contributed by atoms with E-state index in [1.807, 2.05) is 6.08 Å². The molecule has 0 aromatic heterocycles. The first-order valence-corrected chi connectivity index (χ1v) is 3.76. The number of rotatable bonds is 3. The Balaban J connectivity index is 2.52. The Morgan fingerprint density at radius 1 is 1.60 bits per heavy atom. The molecule has 1 aliphatic carbocycles. The molecule has 2 unspecified atom stereocenters. The van der Waals surface area contributed by atoms with Crippen molar-refractivity contribution in [3.05, 3.63) is 12.7 Å². The van der Waals surface area contributed by atoms with Crippen molar-refractivity contribution < 1.29 is 0 Å². The molecule has 1 fully saturated rings. The van der Waals surface area contributed by atoms with Gasteiger partial charge in [-0.1, -0.05) is 19.9 Å². The van der Waals surface area contributed by atoms with Gasteiger partial charge in [0.05, 0.1) is 0 Å². The summed E-state index contributed by atoms with van der Waals surface area (Å²) in [5.41, 5.74) is 0.238. The predicted molar refractivity (Wildman–Crippen MR) is 44.4 cm³/mol. The molecule has 56 valence electrons. The van der Waals surface area contributed by atoms with Crippen molar-refractivity contribution in [2.24, 2.45) is 17.3 Å². The van der Waals surface area contributed by atoms with Gasteiger partial charge >= 0.3 is 0 Å². The Kier molecular flexibility index (Phi) is 1.67. The van der Waals surface area contributed by atoms with E-state index in [1.54, 1.807) is 6.21 Å². The van der Waals surface area contributed by atoms with Crippen molar-refractivity contribution in [2.45, 2.75) is 20.3 Å². The highest BCUT2D eigenvalue weighted by atomic mass is 14.5. The monoisotopic (exact) mass is 137 g/mol. The van der Waals surface area contributed by atoms with E-state index in [1.165, 1.54) is 6.42 Å². The van der Waals surface area contributed by atoms with Crippen LogP contribution in [0.2, 0.25) is 0 Å². The van der Waals surface area contributed by atoms with Gasteiger partial charge in [0.1, 0.15) is 0 Å². The topological polar surface area (TPSA) is 23.9 Å². The van der Waals surface area contributed by atoms with Crippen molar-refractivity contribution in [3.63, 3.8) is 0 Å². The zero-order valence-electron chi connectivity index (χ0n) is 6.72. The molecule has 2 atom stereocenters. The molecule has 0 aromatic carbocycles. The molecule has 1 aliphatic rings. The Bertz CT molecular complexity index is 158. The SMILES string of the molecule is C=CC(C)(C)C1CC1C=N. The van der Waals surface area contributed by atoms with Gasteiger partial charge in [0.2, 0.25) is 0 Å². The highest BCUT2D eigenvalue weighted by Gasteiger charge is 2.44. The van der Waals surface area contributed by atoms with Crippen LogP contribution in [0.4, 0.5) is 0 Å². The molecule has 0 amide bonds. The first kappa shape index (κ1) is 7.52. The molecule has 1 rings (SSSR count). The van der Waals surface area contributed by atoms with Gasteiger partial charge in [0.25, 0.3) is 0 Å². The van der Waals surface area contributed by atoms with Crippen molar-refractivity contribution in [1.82, 2.24) is 0 Å². The van der Waals surface area contributed by atoms with Crippen LogP contribution in [0.15, 0.2) is 12.7 Å². The Morgan fingerprint density at radius 3 is 2.50 bits per heavy atom. The van der Waals surface area contributed by atoms with E-state index >= 15 is 0 Å². The van der Waals surface area contributed by atoms with Crippen LogP contribution >= 0.6 is 0 Å². The molecule has 0 radical (unpaired) electrons. The Morgan fingerprint density at radius 2 is 2.20 bits per heavy atom. The fourth-order valence-corrected chi connectivity index (χ4v) is 1.41. The molecule has 1 N–H and O–H groups in total. The molecule has 0 bridgehead atoms. The molecule has 0 saturated heterocycles. The maximum absolute atomic E-state index is 7.05. The number of hydrogen-bond donors (Lipinski definition) is 1.